The number of aromatic nitrogens is 1. The molecule has 2 aromatic carbocycles. The van der Waals surface area contributed by atoms with Gasteiger partial charge in [-0.2, -0.15) is 0 Å². The van der Waals surface area contributed by atoms with E-state index in [1.807, 2.05) is 40.1 Å². The van der Waals surface area contributed by atoms with Crippen molar-refractivity contribution in [3.8, 4) is 0 Å². The zero-order valence-corrected chi connectivity index (χ0v) is 15.8. The number of hydrogen-bond acceptors (Lipinski definition) is 2. The van der Waals surface area contributed by atoms with Gasteiger partial charge in [0.1, 0.15) is 0 Å². The second-order valence-electron chi connectivity index (χ2n) is 7.67. The van der Waals surface area contributed by atoms with Crippen LogP contribution in [0.1, 0.15) is 38.3 Å². The Kier molecular flexibility index (Phi) is 4.15. The molecule has 1 aliphatic heterocycles. The van der Waals surface area contributed by atoms with E-state index in [1.54, 1.807) is 6.20 Å². The van der Waals surface area contributed by atoms with Gasteiger partial charge in [0.25, 0.3) is 11.8 Å². The summed E-state index contributed by atoms with van der Waals surface area (Å²) in [4.78, 5) is 32.7. The van der Waals surface area contributed by atoms with Crippen LogP contribution in [0.25, 0.3) is 10.9 Å². The van der Waals surface area contributed by atoms with Gasteiger partial charge in [-0.25, -0.2) is 0 Å². The maximum absolute atomic E-state index is 13.0. The highest BCUT2D eigenvalue weighted by Gasteiger charge is 2.27. The number of hydrogen-bond donors (Lipinski definition) is 1. The molecule has 0 unspecified atom stereocenters. The molecule has 5 heteroatoms. The van der Waals surface area contributed by atoms with Crippen molar-refractivity contribution in [2.24, 2.45) is 0 Å². The zero-order valence-electron chi connectivity index (χ0n) is 15.8. The summed E-state index contributed by atoms with van der Waals surface area (Å²) in [5.74, 6) is 0.107. The largest absolute Gasteiger partial charge is 0.360 e. The third-order valence-electron chi connectivity index (χ3n) is 6.02. The van der Waals surface area contributed by atoms with Crippen LogP contribution in [0.4, 0.5) is 0 Å². The van der Waals surface area contributed by atoms with Crippen molar-refractivity contribution >= 4 is 22.7 Å². The van der Waals surface area contributed by atoms with Gasteiger partial charge >= 0.3 is 0 Å². The molecule has 1 saturated heterocycles. The number of aromatic amines is 1. The molecule has 1 aliphatic carbocycles. The van der Waals surface area contributed by atoms with Crippen LogP contribution < -0.4 is 0 Å². The number of fused-ring (bicyclic) bond motifs is 2. The lowest BCUT2D eigenvalue weighted by atomic mass is 10.1. The molecule has 0 radical (unpaired) electrons. The predicted octanol–water partition coefficient (Wildman–Crippen LogP) is 3.25. The van der Waals surface area contributed by atoms with Crippen LogP contribution in [0.15, 0.2) is 48.7 Å². The van der Waals surface area contributed by atoms with Gasteiger partial charge in [-0.3, -0.25) is 9.59 Å². The first-order chi connectivity index (χ1) is 13.7. The number of carbonyl (C=O) groups excluding carboxylic acids is 2. The van der Waals surface area contributed by atoms with Crippen molar-refractivity contribution in [1.82, 2.24) is 14.8 Å². The highest BCUT2D eigenvalue weighted by Crippen LogP contribution is 2.24. The van der Waals surface area contributed by atoms with E-state index in [0.29, 0.717) is 31.7 Å². The fourth-order valence-electron chi connectivity index (χ4n) is 4.42. The number of nitrogens with one attached hydrogen (secondary N) is 1. The molecule has 0 bridgehead atoms. The number of amides is 2. The minimum atomic E-state index is 0.0297. The molecule has 3 aromatic rings. The molecule has 5 rings (SSSR count). The molecule has 5 nitrogen and oxygen atoms in total. The van der Waals surface area contributed by atoms with Crippen LogP contribution >= 0.6 is 0 Å². The minimum Gasteiger partial charge on any atom is -0.360 e. The summed E-state index contributed by atoms with van der Waals surface area (Å²) in [7, 11) is 0. The Morgan fingerprint density at radius 3 is 2.36 bits per heavy atom. The molecular weight excluding hydrogens is 350 g/mol. The van der Waals surface area contributed by atoms with Crippen molar-refractivity contribution < 1.29 is 9.59 Å². The molecule has 0 saturated carbocycles. The number of para-hydroxylation sites is 1. The first-order valence-electron chi connectivity index (χ1n) is 9.97. The second-order valence-corrected chi connectivity index (χ2v) is 7.67. The van der Waals surface area contributed by atoms with Gasteiger partial charge in [-0.1, -0.05) is 24.3 Å². The first kappa shape index (κ1) is 17.0. The fourth-order valence-corrected chi connectivity index (χ4v) is 4.42. The summed E-state index contributed by atoms with van der Waals surface area (Å²) in [6.07, 6.45) is 5.17. The van der Waals surface area contributed by atoms with Crippen LogP contribution in [0.5, 0.6) is 0 Å². The van der Waals surface area contributed by atoms with E-state index >= 15 is 0 Å². The molecule has 1 N–H and O–H groups in total. The van der Waals surface area contributed by atoms with Gasteiger partial charge in [0.05, 0.1) is 5.56 Å². The molecule has 0 atom stereocenters. The van der Waals surface area contributed by atoms with Gasteiger partial charge in [0.2, 0.25) is 0 Å². The molecule has 2 amide bonds. The molecule has 142 valence electrons. The van der Waals surface area contributed by atoms with E-state index in [1.165, 1.54) is 17.5 Å². The van der Waals surface area contributed by atoms with Gasteiger partial charge < -0.3 is 14.8 Å². The number of nitrogens with zero attached hydrogens (tertiary/aromatic N) is 2. The SMILES string of the molecule is O=C(c1ccc2c(c1)CCC2)N1CCN(C(=O)c2c[nH]c3ccccc23)CC1. The van der Waals surface area contributed by atoms with Gasteiger partial charge in [-0.05, 0) is 48.6 Å². The molecule has 2 heterocycles. The summed E-state index contributed by atoms with van der Waals surface area (Å²) < 4.78 is 0. The second kappa shape index (κ2) is 6.82. The number of piperazine rings is 1. The molecule has 2 aliphatic rings. The lowest BCUT2D eigenvalue weighted by Gasteiger charge is -2.34. The standard InChI is InChI=1S/C23H23N3O2/c27-22(18-9-8-16-4-3-5-17(16)14-18)25-10-12-26(13-11-25)23(28)20-15-24-21-7-2-1-6-19(20)21/h1-2,6-9,14-15,24H,3-5,10-13H2. The fraction of sp³-hybridized carbons (Fsp3) is 0.304. The third-order valence-corrected chi connectivity index (χ3v) is 6.02. The van der Waals surface area contributed by atoms with Crippen molar-refractivity contribution in [1.29, 1.82) is 0 Å². The zero-order chi connectivity index (χ0) is 19.1. The normalized spacial score (nSPS) is 16.4. The summed E-state index contributed by atoms with van der Waals surface area (Å²) >= 11 is 0. The lowest BCUT2D eigenvalue weighted by molar-refractivity contribution is 0.0536. The molecule has 1 aromatic heterocycles. The van der Waals surface area contributed by atoms with E-state index in [-0.39, 0.29) is 11.8 Å². The molecule has 1 fully saturated rings. The van der Waals surface area contributed by atoms with Crippen LogP contribution in [-0.4, -0.2) is 52.8 Å². The maximum Gasteiger partial charge on any atom is 0.256 e. The number of rotatable bonds is 2. The van der Waals surface area contributed by atoms with Crippen molar-refractivity contribution in [2.75, 3.05) is 26.2 Å². The maximum atomic E-state index is 13.0. The Bertz CT molecular complexity index is 1060. The van der Waals surface area contributed by atoms with E-state index in [0.717, 1.165) is 29.3 Å². The summed E-state index contributed by atoms with van der Waals surface area (Å²) in [5.41, 5.74) is 5.15. The number of carbonyl (C=O) groups is 2. The van der Waals surface area contributed by atoms with Crippen LogP contribution in [-0.2, 0) is 12.8 Å². The topological polar surface area (TPSA) is 56.4 Å². The molecule has 0 spiro atoms. The quantitative estimate of drug-likeness (QED) is 0.750. The van der Waals surface area contributed by atoms with Crippen molar-refractivity contribution in [2.45, 2.75) is 19.3 Å². The molecule has 28 heavy (non-hydrogen) atoms. The number of benzene rings is 2. The predicted molar refractivity (Wildman–Crippen MR) is 109 cm³/mol. The van der Waals surface area contributed by atoms with Crippen LogP contribution in [0.2, 0.25) is 0 Å². The van der Waals surface area contributed by atoms with Crippen molar-refractivity contribution in [3.05, 3.63) is 70.9 Å². The number of H-pyrrole nitrogens is 1. The monoisotopic (exact) mass is 373 g/mol. The van der Waals surface area contributed by atoms with Crippen LogP contribution in [0, 0.1) is 0 Å². The Labute approximate surface area is 163 Å². The molecular formula is C23H23N3O2. The Hall–Kier alpha value is -3.08. The summed E-state index contributed by atoms with van der Waals surface area (Å²) in [6.45, 7) is 2.28. The Balaban J connectivity index is 1.27. The average molecular weight is 373 g/mol. The number of aryl methyl sites for hydroxylation is 2. The highest BCUT2D eigenvalue weighted by molar-refractivity contribution is 6.06. The average Bonchev–Trinajstić information content (AvgIpc) is 3.39. The van der Waals surface area contributed by atoms with E-state index in [4.69, 9.17) is 0 Å². The van der Waals surface area contributed by atoms with Gasteiger partial charge in [0.15, 0.2) is 0 Å². The van der Waals surface area contributed by atoms with E-state index < -0.39 is 0 Å². The third kappa shape index (κ3) is 2.87. The summed E-state index contributed by atoms with van der Waals surface area (Å²) in [5, 5.41) is 0.948. The Morgan fingerprint density at radius 1 is 0.821 bits per heavy atom. The minimum absolute atomic E-state index is 0.0297. The first-order valence-corrected chi connectivity index (χ1v) is 9.97. The van der Waals surface area contributed by atoms with E-state index in [9.17, 15) is 9.59 Å². The smallest absolute Gasteiger partial charge is 0.256 e. The van der Waals surface area contributed by atoms with E-state index in [2.05, 4.69) is 17.1 Å². The lowest BCUT2D eigenvalue weighted by Crippen LogP contribution is -2.50. The van der Waals surface area contributed by atoms with Crippen molar-refractivity contribution in [3.63, 3.8) is 0 Å². The van der Waals surface area contributed by atoms with Crippen LogP contribution in [0.3, 0.4) is 0 Å². The highest BCUT2D eigenvalue weighted by atomic mass is 16.2. The van der Waals surface area contributed by atoms with Gasteiger partial charge in [0, 0.05) is 48.8 Å². The Morgan fingerprint density at radius 2 is 1.54 bits per heavy atom. The summed E-state index contributed by atoms with van der Waals surface area (Å²) in [6, 6.07) is 14.0. The van der Waals surface area contributed by atoms with Gasteiger partial charge in [-0.15, -0.1) is 0 Å².